The molecule has 0 radical (unpaired) electrons. The summed E-state index contributed by atoms with van der Waals surface area (Å²) in [4.78, 5) is 13.7. The SMILES string of the molecule is Cc1ccc(C2(CC(C)Cc3oc4cc(C#N)ccc4c(=O)c3Cc3ccccc3)NCC(C)(C)N2)cc1. The van der Waals surface area contributed by atoms with Crippen LogP contribution in [-0.4, -0.2) is 12.1 Å². The molecule has 1 fully saturated rings. The van der Waals surface area contributed by atoms with E-state index in [4.69, 9.17) is 4.42 Å². The predicted octanol–water partition coefficient (Wildman–Crippen LogP) is 5.96. The average molecular weight is 506 g/mol. The number of fused-ring (bicyclic) bond motifs is 1. The third kappa shape index (κ3) is 5.29. The zero-order valence-corrected chi connectivity index (χ0v) is 22.6. The number of nitrogens with zero attached hydrogens (tertiary/aromatic N) is 1. The van der Waals surface area contributed by atoms with Gasteiger partial charge in [-0.3, -0.25) is 15.4 Å². The highest BCUT2D eigenvalue weighted by Gasteiger charge is 2.44. The lowest BCUT2D eigenvalue weighted by Crippen LogP contribution is -2.50. The first-order chi connectivity index (χ1) is 18.2. The molecule has 2 unspecified atom stereocenters. The fourth-order valence-corrected chi connectivity index (χ4v) is 5.69. The van der Waals surface area contributed by atoms with Crippen molar-refractivity contribution >= 4 is 11.0 Å². The van der Waals surface area contributed by atoms with Gasteiger partial charge < -0.3 is 4.42 Å². The Morgan fingerprint density at radius 1 is 1.05 bits per heavy atom. The highest BCUT2D eigenvalue weighted by molar-refractivity contribution is 5.79. The predicted molar refractivity (Wildman–Crippen MR) is 152 cm³/mol. The summed E-state index contributed by atoms with van der Waals surface area (Å²) in [6.07, 6.45) is 1.94. The Labute approximate surface area is 224 Å². The van der Waals surface area contributed by atoms with Crippen molar-refractivity contribution in [1.82, 2.24) is 10.6 Å². The topological polar surface area (TPSA) is 78.1 Å². The number of nitriles is 1. The zero-order valence-electron chi connectivity index (χ0n) is 22.6. The van der Waals surface area contributed by atoms with Gasteiger partial charge >= 0.3 is 0 Å². The maximum atomic E-state index is 13.7. The van der Waals surface area contributed by atoms with Crippen molar-refractivity contribution in [2.45, 2.75) is 58.2 Å². The Bertz CT molecular complexity index is 1550. The minimum absolute atomic E-state index is 0.0201. The van der Waals surface area contributed by atoms with Gasteiger partial charge in [-0.05, 0) is 62.4 Å². The van der Waals surface area contributed by atoms with Gasteiger partial charge in [0.2, 0.25) is 0 Å². The van der Waals surface area contributed by atoms with E-state index >= 15 is 0 Å². The van der Waals surface area contributed by atoms with Crippen LogP contribution in [0, 0.1) is 24.2 Å². The number of nitrogens with one attached hydrogen (secondary N) is 2. The Morgan fingerprint density at radius 2 is 1.79 bits per heavy atom. The van der Waals surface area contributed by atoms with Crippen LogP contribution in [0.1, 0.15) is 60.8 Å². The van der Waals surface area contributed by atoms with Gasteiger partial charge in [0, 0.05) is 30.5 Å². The van der Waals surface area contributed by atoms with Crippen LogP contribution < -0.4 is 16.1 Å². The van der Waals surface area contributed by atoms with Gasteiger partial charge in [-0.25, -0.2) is 0 Å². The summed E-state index contributed by atoms with van der Waals surface area (Å²) >= 11 is 0. The summed E-state index contributed by atoms with van der Waals surface area (Å²) < 4.78 is 6.43. The Hall–Kier alpha value is -3.72. The molecule has 2 N–H and O–H groups in total. The van der Waals surface area contributed by atoms with Crippen LogP contribution >= 0.6 is 0 Å². The molecular weight excluding hydrogens is 470 g/mol. The van der Waals surface area contributed by atoms with Gasteiger partial charge in [-0.1, -0.05) is 67.1 Å². The Morgan fingerprint density at radius 3 is 2.45 bits per heavy atom. The van der Waals surface area contributed by atoms with Gasteiger partial charge in [-0.2, -0.15) is 5.26 Å². The van der Waals surface area contributed by atoms with E-state index in [2.05, 4.69) is 68.7 Å². The third-order valence-corrected chi connectivity index (χ3v) is 7.54. The first-order valence-electron chi connectivity index (χ1n) is 13.3. The van der Waals surface area contributed by atoms with Crippen LogP contribution in [0.25, 0.3) is 11.0 Å². The van der Waals surface area contributed by atoms with Crippen LogP contribution in [0.4, 0.5) is 0 Å². The third-order valence-electron chi connectivity index (χ3n) is 7.54. The molecule has 1 aliphatic heterocycles. The fourth-order valence-electron chi connectivity index (χ4n) is 5.69. The Kier molecular flexibility index (Phi) is 6.96. The number of hydrogen-bond donors (Lipinski definition) is 2. The average Bonchev–Trinajstić information content (AvgIpc) is 3.21. The molecule has 194 valence electrons. The molecule has 0 saturated carbocycles. The lowest BCUT2D eigenvalue weighted by atomic mass is 9.86. The quantitative estimate of drug-likeness (QED) is 0.324. The summed E-state index contributed by atoms with van der Waals surface area (Å²) in [5.74, 6) is 0.893. The number of hydrogen-bond acceptors (Lipinski definition) is 5. The largest absolute Gasteiger partial charge is 0.460 e. The molecule has 1 saturated heterocycles. The van der Waals surface area contributed by atoms with Crippen molar-refractivity contribution in [3.05, 3.63) is 117 Å². The van der Waals surface area contributed by atoms with E-state index in [1.807, 2.05) is 30.3 Å². The highest BCUT2D eigenvalue weighted by atomic mass is 16.3. The van der Waals surface area contributed by atoms with E-state index in [-0.39, 0.29) is 22.5 Å². The molecule has 1 aromatic heterocycles. The summed E-state index contributed by atoms with van der Waals surface area (Å²) in [5, 5.41) is 17.6. The van der Waals surface area contributed by atoms with E-state index in [0.29, 0.717) is 40.7 Å². The molecule has 0 bridgehead atoms. The normalized spacial score (nSPS) is 19.3. The van der Waals surface area contributed by atoms with Crippen LogP contribution in [0.2, 0.25) is 0 Å². The Balaban J connectivity index is 1.52. The van der Waals surface area contributed by atoms with Crippen molar-refractivity contribution in [3.63, 3.8) is 0 Å². The fraction of sp³-hybridized carbons (Fsp3) is 0.333. The van der Waals surface area contributed by atoms with Crippen molar-refractivity contribution < 1.29 is 4.42 Å². The van der Waals surface area contributed by atoms with Gasteiger partial charge in [-0.15, -0.1) is 0 Å². The second kappa shape index (κ2) is 10.2. The van der Waals surface area contributed by atoms with Gasteiger partial charge in [0.05, 0.1) is 22.7 Å². The number of rotatable bonds is 7. The lowest BCUT2D eigenvalue weighted by molar-refractivity contribution is 0.239. The van der Waals surface area contributed by atoms with E-state index in [9.17, 15) is 10.1 Å². The maximum Gasteiger partial charge on any atom is 0.196 e. The smallest absolute Gasteiger partial charge is 0.196 e. The lowest BCUT2D eigenvalue weighted by Gasteiger charge is -2.35. The molecule has 0 spiro atoms. The molecule has 2 atom stereocenters. The van der Waals surface area contributed by atoms with Crippen LogP contribution in [0.3, 0.4) is 0 Å². The van der Waals surface area contributed by atoms with E-state index in [1.165, 1.54) is 11.1 Å². The van der Waals surface area contributed by atoms with Gasteiger partial charge in [0.25, 0.3) is 0 Å². The second-order valence-corrected chi connectivity index (χ2v) is 11.5. The zero-order chi connectivity index (χ0) is 26.9. The molecule has 4 aromatic rings. The molecule has 5 rings (SSSR count). The highest BCUT2D eigenvalue weighted by Crippen LogP contribution is 2.35. The van der Waals surface area contributed by atoms with Crippen LogP contribution in [-0.2, 0) is 18.5 Å². The van der Waals surface area contributed by atoms with Crippen molar-refractivity contribution in [2.24, 2.45) is 5.92 Å². The summed E-state index contributed by atoms with van der Waals surface area (Å²) in [6, 6.07) is 26.0. The maximum absolute atomic E-state index is 13.7. The van der Waals surface area contributed by atoms with Crippen molar-refractivity contribution in [2.75, 3.05) is 6.54 Å². The standard InChI is InChI=1S/C33H35N3O2/c1-22-10-13-26(14-11-22)33(35-21-32(3,4)36-33)19-23(2)16-29-28(17-24-8-6-5-7-9-24)31(37)27-15-12-25(20-34)18-30(27)38-29/h5-15,18,23,35-36H,16-17,19,21H2,1-4H3. The molecule has 1 aliphatic rings. The first-order valence-corrected chi connectivity index (χ1v) is 13.3. The molecule has 2 heterocycles. The number of aryl methyl sites for hydroxylation is 1. The first kappa shape index (κ1) is 25.9. The van der Waals surface area contributed by atoms with Crippen molar-refractivity contribution in [3.8, 4) is 6.07 Å². The minimum atomic E-state index is -0.374. The molecule has 5 nitrogen and oxygen atoms in total. The molecule has 38 heavy (non-hydrogen) atoms. The molecule has 3 aromatic carbocycles. The molecule has 5 heteroatoms. The minimum Gasteiger partial charge on any atom is -0.460 e. The molecule has 0 aliphatic carbocycles. The summed E-state index contributed by atoms with van der Waals surface area (Å²) in [6.45, 7) is 9.61. The summed E-state index contributed by atoms with van der Waals surface area (Å²) in [7, 11) is 0. The van der Waals surface area contributed by atoms with Crippen molar-refractivity contribution in [1.29, 1.82) is 5.26 Å². The van der Waals surface area contributed by atoms with Gasteiger partial charge in [0.15, 0.2) is 5.43 Å². The van der Waals surface area contributed by atoms with E-state index in [1.54, 1.807) is 18.2 Å². The van der Waals surface area contributed by atoms with Gasteiger partial charge in [0.1, 0.15) is 11.3 Å². The molecular formula is C33H35N3O2. The monoisotopic (exact) mass is 505 g/mol. The molecule has 0 amide bonds. The van der Waals surface area contributed by atoms with Crippen LogP contribution in [0.15, 0.2) is 82.0 Å². The van der Waals surface area contributed by atoms with Crippen LogP contribution in [0.5, 0.6) is 0 Å². The van der Waals surface area contributed by atoms with E-state index < -0.39 is 0 Å². The second-order valence-electron chi connectivity index (χ2n) is 11.5. The number of benzene rings is 3. The summed E-state index contributed by atoms with van der Waals surface area (Å²) in [5.41, 5.74) is 4.71. The van der Waals surface area contributed by atoms with E-state index in [0.717, 1.165) is 18.5 Å².